The summed E-state index contributed by atoms with van der Waals surface area (Å²) in [6.07, 6.45) is 0.863. The highest BCUT2D eigenvalue weighted by Gasteiger charge is 2.39. The Labute approximate surface area is 137 Å². The molecule has 1 heterocycles. The molecule has 0 bridgehead atoms. The molecular formula is C14H9BrF2N2O4. The lowest BCUT2D eigenvalue weighted by molar-refractivity contribution is -0.222. The molecule has 0 amide bonds. The van der Waals surface area contributed by atoms with Crippen molar-refractivity contribution in [2.45, 2.75) is 19.6 Å². The number of cyclic esters (lactones) is 2. The van der Waals surface area contributed by atoms with Gasteiger partial charge in [-0.15, -0.1) is 0 Å². The average Bonchev–Trinajstić information content (AvgIpc) is 2.39. The van der Waals surface area contributed by atoms with Crippen LogP contribution in [0.15, 0.2) is 22.3 Å². The number of hydrogen-bond acceptors (Lipinski definition) is 6. The predicted molar refractivity (Wildman–Crippen MR) is 76.7 cm³/mol. The van der Waals surface area contributed by atoms with Crippen molar-refractivity contribution in [3.05, 3.63) is 39.5 Å². The molecule has 1 saturated heterocycles. The number of esters is 2. The van der Waals surface area contributed by atoms with Crippen molar-refractivity contribution < 1.29 is 27.8 Å². The van der Waals surface area contributed by atoms with Crippen LogP contribution >= 0.6 is 15.9 Å². The molecule has 1 aliphatic rings. The maximum atomic E-state index is 14.0. The van der Waals surface area contributed by atoms with Gasteiger partial charge >= 0.3 is 11.9 Å². The van der Waals surface area contributed by atoms with Crippen LogP contribution in [0.1, 0.15) is 19.4 Å². The van der Waals surface area contributed by atoms with Crippen LogP contribution in [0.3, 0.4) is 0 Å². The van der Waals surface area contributed by atoms with E-state index in [-0.39, 0.29) is 10.2 Å². The van der Waals surface area contributed by atoms with Crippen LogP contribution in [0.25, 0.3) is 0 Å². The molecule has 23 heavy (non-hydrogen) atoms. The fourth-order valence-corrected chi connectivity index (χ4v) is 2.24. The standard InChI is InChI=1S/C14H9BrF2N2O4/c1-14(2)22-12(20)7(13(21)23-14)5-19-11-8(15)3-9(16)6(4-18)10(11)17/h3,5,19H,1-2H3. The van der Waals surface area contributed by atoms with Crippen LogP contribution in [-0.2, 0) is 19.1 Å². The Balaban J connectivity index is 2.36. The quantitative estimate of drug-likeness (QED) is 0.477. The first kappa shape index (κ1) is 16.9. The van der Waals surface area contributed by atoms with Crippen LogP contribution in [0.2, 0.25) is 0 Å². The maximum Gasteiger partial charge on any atom is 0.350 e. The van der Waals surface area contributed by atoms with Crippen molar-refractivity contribution in [1.82, 2.24) is 0 Å². The molecule has 1 aromatic carbocycles. The third kappa shape index (κ3) is 3.32. The second-order valence-electron chi connectivity index (χ2n) is 4.90. The number of carbonyl (C=O) groups excluding carboxylic acids is 2. The van der Waals surface area contributed by atoms with E-state index in [4.69, 9.17) is 14.7 Å². The molecule has 0 aliphatic carbocycles. The molecular weight excluding hydrogens is 378 g/mol. The number of rotatable bonds is 2. The molecule has 6 nitrogen and oxygen atoms in total. The van der Waals surface area contributed by atoms with Crippen molar-refractivity contribution in [1.29, 1.82) is 5.26 Å². The molecule has 0 spiro atoms. The second kappa shape index (κ2) is 5.96. The number of anilines is 1. The van der Waals surface area contributed by atoms with Gasteiger partial charge in [-0.3, -0.25) is 0 Å². The molecule has 0 unspecified atom stereocenters. The van der Waals surface area contributed by atoms with Crippen LogP contribution < -0.4 is 5.32 Å². The largest absolute Gasteiger partial charge is 0.419 e. The summed E-state index contributed by atoms with van der Waals surface area (Å²) in [5.74, 6) is -5.54. The van der Waals surface area contributed by atoms with Crippen LogP contribution in [0.5, 0.6) is 0 Å². The predicted octanol–water partition coefficient (Wildman–Crippen LogP) is 2.73. The molecule has 9 heteroatoms. The molecule has 0 atom stereocenters. The van der Waals surface area contributed by atoms with Gasteiger partial charge in [-0.25, -0.2) is 18.4 Å². The minimum atomic E-state index is -1.40. The summed E-state index contributed by atoms with van der Waals surface area (Å²) >= 11 is 2.92. The molecule has 0 saturated carbocycles. The van der Waals surface area contributed by atoms with Gasteiger partial charge in [0, 0.05) is 24.5 Å². The third-order valence-electron chi connectivity index (χ3n) is 2.76. The summed E-state index contributed by atoms with van der Waals surface area (Å²) < 4.78 is 37.1. The number of nitrogens with one attached hydrogen (secondary N) is 1. The zero-order valence-electron chi connectivity index (χ0n) is 11.9. The fourth-order valence-electron chi connectivity index (χ4n) is 1.75. The maximum absolute atomic E-state index is 14.0. The van der Waals surface area contributed by atoms with E-state index < -0.39 is 40.5 Å². The Kier molecular flexibility index (Phi) is 4.38. The van der Waals surface area contributed by atoms with Gasteiger partial charge in [0.2, 0.25) is 0 Å². The summed E-state index contributed by atoms with van der Waals surface area (Å²) in [5, 5.41) is 11.1. The lowest BCUT2D eigenvalue weighted by Gasteiger charge is -2.29. The molecule has 1 fully saturated rings. The summed E-state index contributed by atoms with van der Waals surface area (Å²) in [5.41, 5.74) is -1.62. The molecule has 0 aromatic heterocycles. The van der Waals surface area contributed by atoms with Gasteiger partial charge < -0.3 is 14.8 Å². The smallest absolute Gasteiger partial charge is 0.350 e. The molecule has 1 aliphatic heterocycles. The molecule has 1 aromatic rings. The average molecular weight is 387 g/mol. The highest BCUT2D eigenvalue weighted by Crippen LogP contribution is 2.30. The first-order valence-electron chi connectivity index (χ1n) is 6.17. The number of nitrogens with zero attached hydrogens (tertiary/aromatic N) is 1. The SMILES string of the molecule is CC1(C)OC(=O)C(=CNc2c(Br)cc(F)c(C#N)c2F)C(=O)O1. The molecule has 1 N–H and O–H groups in total. The van der Waals surface area contributed by atoms with Gasteiger partial charge in [0.15, 0.2) is 11.4 Å². The van der Waals surface area contributed by atoms with Crippen LogP contribution in [0.4, 0.5) is 14.5 Å². The zero-order chi connectivity index (χ0) is 17.4. The van der Waals surface area contributed by atoms with Crippen molar-refractivity contribution in [2.24, 2.45) is 0 Å². The zero-order valence-corrected chi connectivity index (χ0v) is 13.5. The van der Waals surface area contributed by atoms with E-state index in [0.717, 1.165) is 12.3 Å². The minimum Gasteiger partial charge on any atom is -0.419 e. The van der Waals surface area contributed by atoms with E-state index >= 15 is 0 Å². The van der Waals surface area contributed by atoms with Crippen molar-refractivity contribution in [2.75, 3.05) is 5.32 Å². The Morgan fingerprint density at radius 2 is 1.87 bits per heavy atom. The van der Waals surface area contributed by atoms with E-state index in [1.807, 2.05) is 0 Å². The van der Waals surface area contributed by atoms with Gasteiger partial charge in [-0.05, 0) is 22.0 Å². The Hall–Kier alpha value is -2.47. The fraction of sp³-hybridized carbons (Fsp3) is 0.214. The lowest BCUT2D eigenvalue weighted by Crippen LogP contribution is -2.42. The first-order chi connectivity index (χ1) is 10.7. The summed E-state index contributed by atoms with van der Waals surface area (Å²) in [4.78, 5) is 23.5. The van der Waals surface area contributed by atoms with Gasteiger partial charge in [-0.1, -0.05) is 0 Å². The lowest BCUT2D eigenvalue weighted by atomic mass is 10.2. The van der Waals surface area contributed by atoms with Crippen LogP contribution in [-0.4, -0.2) is 17.7 Å². The Morgan fingerprint density at radius 1 is 1.30 bits per heavy atom. The van der Waals surface area contributed by atoms with Gasteiger partial charge in [-0.2, -0.15) is 5.26 Å². The highest BCUT2D eigenvalue weighted by atomic mass is 79.9. The van der Waals surface area contributed by atoms with E-state index in [0.29, 0.717) is 0 Å². The number of halogens is 3. The number of nitriles is 1. The van der Waals surface area contributed by atoms with E-state index in [2.05, 4.69) is 21.2 Å². The summed E-state index contributed by atoms with van der Waals surface area (Å²) in [6.45, 7) is 2.75. The summed E-state index contributed by atoms with van der Waals surface area (Å²) in [6, 6.07) is 2.26. The van der Waals surface area contributed by atoms with Crippen LogP contribution in [0, 0.1) is 23.0 Å². The number of ether oxygens (including phenoxy) is 2. The molecule has 2 rings (SSSR count). The third-order valence-corrected chi connectivity index (χ3v) is 3.38. The van der Waals surface area contributed by atoms with Gasteiger partial charge in [0.1, 0.15) is 17.4 Å². The van der Waals surface area contributed by atoms with Crippen molar-refractivity contribution in [3.8, 4) is 6.07 Å². The molecule has 0 radical (unpaired) electrons. The molecule has 120 valence electrons. The van der Waals surface area contributed by atoms with Gasteiger partial charge in [0.05, 0.1) is 5.69 Å². The minimum absolute atomic E-state index is 0.0405. The van der Waals surface area contributed by atoms with E-state index in [1.165, 1.54) is 19.9 Å². The highest BCUT2D eigenvalue weighted by molar-refractivity contribution is 9.10. The van der Waals surface area contributed by atoms with Gasteiger partial charge in [0.25, 0.3) is 5.79 Å². The Morgan fingerprint density at radius 3 is 2.39 bits per heavy atom. The number of benzene rings is 1. The first-order valence-corrected chi connectivity index (χ1v) is 6.96. The number of hydrogen-bond donors (Lipinski definition) is 1. The van der Waals surface area contributed by atoms with E-state index in [9.17, 15) is 18.4 Å². The second-order valence-corrected chi connectivity index (χ2v) is 5.75. The Bertz CT molecular complexity index is 762. The van der Waals surface area contributed by atoms with Crippen molar-refractivity contribution >= 4 is 33.6 Å². The monoisotopic (exact) mass is 386 g/mol. The van der Waals surface area contributed by atoms with Crippen molar-refractivity contribution in [3.63, 3.8) is 0 Å². The topological polar surface area (TPSA) is 88.4 Å². The summed E-state index contributed by atoms with van der Waals surface area (Å²) in [7, 11) is 0. The normalized spacial score (nSPS) is 16.3. The van der Waals surface area contributed by atoms with E-state index in [1.54, 1.807) is 0 Å². The number of carbonyl (C=O) groups is 2.